The van der Waals surface area contributed by atoms with Crippen LogP contribution in [0.15, 0.2) is 0 Å². The van der Waals surface area contributed by atoms with Crippen LogP contribution < -0.4 is 11.3 Å². The van der Waals surface area contributed by atoms with Gasteiger partial charge in [0.25, 0.3) is 0 Å². The Bertz CT molecular complexity index is 33.2. The Labute approximate surface area is 56.0 Å². The van der Waals surface area contributed by atoms with Crippen molar-refractivity contribution in [1.29, 1.82) is 0 Å². The lowest BCUT2D eigenvalue weighted by Gasteiger charge is -1.96. The monoisotopic (exact) mass is 140 g/mol. The zero-order valence-electron chi connectivity index (χ0n) is 5.02. The molecule has 52 valence electrons. The average molecular weight is 141 g/mol. The Morgan fingerprint density at radius 3 is 2.62 bits per heavy atom. The summed E-state index contributed by atoms with van der Waals surface area (Å²) in [6, 6.07) is 0. The third kappa shape index (κ3) is 9.48. The van der Waals surface area contributed by atoms with Gasteiger partial charge < -0.3 is 4.74 Å². The number of nitrogens with two attached hydrogens (primary N) is 1. The highest BCUT2D eigenvalue weighted by atomic mass is 35.5. The molecule has 0 unspecified atom stereocenters. The molecule has 0 fully saturated rings. The molecule has 0 aliphatic rings. The molecule has 0 aromatic carbocycles. The molecule has 0 aromatic rings. The van der Waals surface area contributed by atoms with Crippen molar-refractivity contribution in [2.75, 3.05) is 19.8 Å². The first-order chi connectivity index (χ1) is 3.41. The Morgan fingerprint density at radius 2 is 2.25 bits per heavy atom. The Kier molecular flexibility index (Phi) is 14.1. The van der Waals surface area contributed by atoms with Gasteiger partial charge in [-0.25, -0.2) is 0 Å². The van der Waals surface area contributed by atoms with Crippen LogP contribution in [0.5, 0.6) is 0 Å². The predicted octanol–water partition coefficient (Wildman–Crippen LogP) is -0.0920. The van der Waals surface area contributed by atoms with Gasteiger partial charge in [-0.2, -0.15) is 0 Å². The standard InChI is InChI=1S/C4H12N2O.ClH/c1-2-7-4-3-6-5;/h6H,2-5H2,1H3;1H. The van der Waals surface area contributed by atoms with Crippen LogP contribution in [-0.4, -0.2) is 19.8 Å². The second-order valence-corrected chi connectivity index (χ2v) is 1.15. The molecule has 0 aliphatic carbocycles. The minimum Gasteiger partial charge on any atom is -0.380 e. The molecule has 0 saturated heterocycles. The van der Waals surface area contributed by atoms with Gasteiger partial charge in [0.15, 0.2) is 0 Å². The van der Waals surface area contributed by atoms with Gasteiger partial charge in [-0.3, -0.25) is 11.3 Å². The molecule has 0 saturated carbocycles. The fourth-order valence-electron chi connectivity index (χ4n) is 0.275. The van der Waals surface area contributed by atoms with Crippen LogP contribution in [0, 0.1) is 0 Å². The first kappa shape index (κ1) is 11.0. The minimum absolute atomic E-state index is 0. The van der Waals surface area contributed by atoms with E-state index >= 15 is 0 Å². The first-order valence-corrected chi connectivity index (χ1v) is 2.43. The maximum Gasteiger partial charge on any atom is 0.0604 e. The molecule has 0 aromatic heterocycles. The highest BCUT2D eigenvalue weighted by Gasteiger charge is 1.77. The van der Waals surface area contributed by atoms with Gasteiger partial charge >= 0.3 is 0 Å². The molecule has 0 bridgehead atoms. The lowest BCUT2D eigenvalue weighted by molar-refractivity contribution is 0.149. The van der Waals surface area contributed by atoms with Crippen LogP contribution in [-0.2, 0) is 4.74 Å². The van der Waals surface area contributed by atoms with Crippen molar-refractivity contribution in [2.24, 2.45) is 5.84 Å². The zero-order valence-corrected chi connectivity index (χ0v) is 5.83. The molecule has 0 aliphatic heterocycles. The SMILES string of the molecule is CCOCCNN.Cl. The molecule has 0 heterocycles. The predicted molar refractivity (Wildman–Crippen MR) is 35.9 cm³/mol. The van der Waals surface area contributed by atoms with Crippen molar-refractivity contribution in [2.45, 2.75) is 6.92 Å². The van der Waals surface area contributed by atoms with E-state index in [4.69, 9.17) is 10.6 Å². The Balaban J connectivity index is 0. The molecular weight excluding hydrogens is 128 g/mol. The number of rotatable bonds is 4. The summed E-state index contributed by atoms with van der Waals surface area (Å²) in [6.07, 6.45) is 0. The van der Waals surface area contributed by atoms with E-state index in [1.54, 1.807) is 0 Å². The van der Waals surface area contributed by atoms with E-state index in [-0.39, 0.29) is 12.4 Å². The molecule has 0 spiro atoms. The summed E-state index contributed by atoms with van der Waals surface area (Å²) in [5.74, 6) is 4.94. The van der Waals surface area contributed by atoms with Crippen LogP contribution in [0.25, 0.3) is 0 Å². The zero-order chi connectivity index (χ0) is 5.54. The van der Waals surface area contributed by atoms with Crippen molar-refractivity contribution < 1.29 is 4.74 Å². The second-order valence-electron chi connectivity index (χ2n) is 1.15. The molecule has 0 amide bonds. The Morgan fingerprint density at radius 1 is 1.62 bits per heavy atom. The number of ether oxygens (including phenoxy) is 1. The highest BCUT2D eigenvalue weighted by Crippen LogP contribution is 1.66. The van der Waals surface area contributed by atoms with Crippen molar-refractivity contribution in [3.05, 3.63) is 0 Å². The van der Waals surface area contributed by atoms with Crippen molar-refractivity contribution in [3.63, 3.8) is 0 Å². The maximum absolute atomic E-state index is 4.94. The van der Waals surface area contributed by atoms with Gasteiger partial charge in [-0.05, 0) is 6.92 Å². The van der Waals surface area contributed by atoms with Gasteiger partial charge in [0.05, 0.1) is 6.61 Å². The smallest absolute Gasteiger partial charge is 0.0604 e. The number of nitrogens with one attached hydrogen (secondary N) is 1. The Hall–Kier alpha value is 0.170. The summed E-state index contributed by atoms with van der Waals surface area (Å²) >= 11 is 0. The second kappa shape index (κ2) is 10.2. The molecule has 0 radical (unpaired) electrons. The lowest BCUT2D eigenvalue weighted by Crippen LogP contribution is -2.26. The summed E-state index contributed by atoms with van der Waals surface area (Å²) in [4.78, 5) is 0. The molecule has 0 atom stereocenters. The van der Waals surface area contributed by atoms with E-state index in [2.05, 4.69) is 5.43 Å². The van der Waals surface area contributed by atoms with E-state index in [9.17, 15) is 0 Å². The van der Waals surface area contributed by atoms with Crippen LogP contribution in [0.4, 0.5) is 0 Å². The third-order valence-corrected chi connectivity index (χ3v) is 0.595. The normalized spacial score (nSPS) is 8.25. The number of halogens is 1. The molecule has 3 nitrogen and oxygen atoms in total. The summed E-state index contributed by atoms with van der Waals surface area (Å²) in [5.41, 5.74) is 2.48. The van der Waals surface area contributed by atoms with E-state index in [1.165, 1.54) is 0 Å². The molecular formula is C4H13ClN2O. The van der Waals surface area contributed by atoms with E-state index in [1.807, 2.05) is 6.92 Å². The lowest BCUT2D eigenvalue weighted by atomic mass is 10.7. The molecule has 3 N–H and O–H groups in total. The average Bonchev–Trinajstić information content (AvgIpc) is 1.69. The van der Waals surface area contributed by atoms with Crippen molar-refractivity contribution in [1.82, 2.24) is 5.43 Å². The van der Waals surface area contributed by atoms with E-state index < -0.39 is 0 Å². The highest BCUT2D eigenvalue weighted by molar-refractivity contribution is 5.85. The maximum atomic E-state index is 4.94. The molecule has 0 rings (SSSR count). The summed E-state index contributed by atoms with van der Waals surface area (Å²) in [5, 5.41) is 0. The van der Waals surface area contributed by atoms with Gasteiger partial charge in [0, 0.05) is 13.2 Å². The molecule has 4 heteroatoms. The molecule has 8 heavy (non-hydrogen) atoms. The van der Waals surface area contributed by atoms with Crippen LogP contribution in [0.2, 0.25) is 0 Å². The minimum atomic E-state index is 0. The quantitative estimate of drug-likeness (QED) is 0.326. The fourth-order valence-corrected chi connectivity index (χ4v) is 0.275. The topological polar surface area (TPSA) is 47.3 Å². The van der Waals surface area contributed by atoms with Gasteiger partial charge in [0.1, 0.15) is 0 Å². The first-order valence-electron chi connectivity index (χ1n) is 2.43. The van der Waals surface area contributed by atoms with E-state index in [0.29, 0.717) is 6.61 Å². The van der Waals surface area contributed by atoms with Crippen LogP contribution in [0.1, 0.15) is 6.92 Å². The van der Waals surface area contributed by atoms with Crippen LogP contribution in [0.3, 0.4) is 0 Å². The van der Waals surface area contributed by atoms with E-state index in [0.717, 1.165) is 13.2 Å². The van der Waals surface area contributed by atoms with Gasteiger partial charge in [0.2, 0.25) is 0 Å². The fraction of sp³-hybridized carbons (Fsp3) is 1.00. The van der Waals surface area contributed by atoms with Crippen molar-refractivity contribution >= 4 is 12.4 Å². The number of hydrogen-bond acceptors (Lipinski definition) is 3. The van der Waals surface area contributed by atoms with Gasteiger partial charge in [-0.15, -0.1) is 12.4 Å². The van der Waals surface area contributed by atoms with Gasteiger partial charge in [-0.1, -0.05) is 0 Å². The summed E-state index contributed by atoms with van der Waals surface area (Å²) in [6.45, 7) is 4.15. The van der Waals surface area contributed by atoms with Crippen molar-refractivity contribution in [3.8, 4) is 0 Å². The largest absolute Gasteiger partial charge is 0.380 e. The summed E-state index contributed by atoms with van der Waals surface area (Å²) in [7, 11) is 0. The number of hydrogen-bond donors (Lipinski definition) is 2. The third-order valence-electron chi connectivity index (χ3n) is 0.595. The number of hydrazine groups is 1. The summed E-state index contributed by atoms with van der Waals surface area (Å²) < 4.78 is 4.93. The van der Waals surface area contributed by atoms with Crippen LogP contribution >= 0.6 is 12.4 Å².